The lowest BCUT2D eigenvalue weighted by molar-refractivity contribution is 0.0731. The fourth-order valence-corrected chi connectivity index (χ4v) is 3.19. The van der Waals surface area contributed by atoms with E-state index in [-0.39, 0.29) is 5.91 Å². The summed E-state index contributed by atoms with van der Waals surface area (Å²) in [5, 5.41) is 0. The van der Waals surface area contributed by atoms with E-state index in [4.69, 9.17) is 9.15 Å². The number of aromatic nitrogens is 2. The number of rotatable bonds is 5. The number of hydrogen-bond acceptors (Lipinski definition) is 5. The molecule has 4 rings (SSSR count). The molecule has 3 aromatic heterocycles. The molecule has 0 unspecified atom stereocenters. The zero-order chi connectivity index (χ0) is 17.8. The van der Waals surface area contributed by atoms with Crippen LogP contribution in [0, 0.1) is 0 Å². The Morgan fingerprint density at radius 3 is 2.85 bits per heavy atom. The van der Waals surface area contributed by atoms with Crippen LogP contribution in [0.1, 0.15) is 32.6 Å². The minimum absolute atomic E-state index is 0.0104. The van der Waals surface area contributed by atoms with Gasteiger partial charge in [0, 0.05) is 37.9 Å². The van der Waals surface area contributed by atoms with E-state index in [2.05, 4.69) is 9.97 Å². The number of fused-ring (bicyclic) bond motifs is 1. The summed E-state index contributed by atoms with van der Waals surface area (Å²) in [6.07, 6.45) is 11.0. The summed E-state index contributed by atoms with van der Waals surface area (Å²) in [5.74, 6) is -0.0104. The highest BCUT2D eigenvalue weighted by Gasteiger charge is 2.24. The number of furan rings is 1. The summed E-state index contributed by atoms with van der Waals surface area (Å²) in [5.41, 5.74) is 5.09. The van der Waals surface area contributed by atoms with Crippen LogP contribution < -0.4 is 0 Å². The van der Waals surface area contributed by atoms with Crippen molar-refractivity contribution in [1.82, 2.24) is 14.9 Å². The zero-order valence-corrected chi connectivity index (χ0v) is 14.3. The Balaban J connectivity index is 1.42. The van der Waals surface area contributed by atoms with Crippen LogP contribution in [0.4, 0.5) is 0 Å². The minimum Gasteiger partial charge on any atom is -0.472 e. The maximum absolute atomic E-state index is 12.5. The summed E-state index contributed by atoms with van der Waals surface area (Å²) in [6, 6.07) is 5.58. The van der Waals surface area contributed by atoms with Gasteiger partial charge in [-0.3, -0.25) is 14.8 Å². The number of hydrogen-bond donors (Lipinski definition) is 0. The van der Waals surface area contributed by atoms with Gasteiger partial charge >= 0.3 is 0 Å². The van der Waals surface area contributed by atoms with Gasteiger partial charge < -0.3 is 14.1 Å². The molecule has 4 heterocycles. The molecule has 0 fully saturated rings. The maximum atomic E-state index is 12.5. The molecule has 0 atom stereocenters. The van der Waals surface area contributed by atoms with Gasteiger partial charge in [0.2, 0.25) is 0 Å². The average molecular weight is 349 g/mol. The molecule has 6 nitrogen and oxygen atoms in total. The smallest absolute Gasteiger partial charge is 0.257 e. The Bertz CT molecular complexity index is 879. The van der Waals surface area contributed by atoms with Crippen molar-refractivity contribution >= 4 is 5.91 Å². The molecule has 1 amide bonds. The second kappa shape index (κ2) is 7.49. The largest absolute Gasteiger partial charge is 0.472 e. The first-order valence-electron chi connectivity index (χ1n) is 8.54. The topological polar surface area (TPSA) is 68.5 Å². The van der Waals surface area contributed by atoms with E-state index in [0.717, 1.165) is 23.1 Å². The second-order valence-corrected chi connectivity index (χ2v) is 6.27. The van der Waals surface area contributed by atoms with Gasteiger partial charge in [0.1, 0.15) is 6.26 Å². The third kappa shape index (κ3) is 3.50. The van der Waals surface area contributed by atoms with Crippen LogP contribution in [0.2, 0.25) is 0 Å². The van der Waals surface area contributed by atoms with Crippen LogP contribution in [0.5, 0.6) is 0 Å². The number of carbonyl (C=O) groups is 1. The summed E-state index contributed by atoms with van der Waals surface area (Å²) >= 11 is 0. The van der Waals surface area contributed by atoms with Gasteiger partial charge in [-0.15, -0.1) is 0 Å². The summed E-state index contributed by atoms with van der Waals surface area (Å²) in [4.78, 5) is 22.7. The molecule has 1 aliphatic rings. The average Bonchev–Trinajstić information content (AvgIpc) is 3.23. The van der Waals surface area contributed by atoms with Crippen molar-refractivity contribution in [2.45, 2.75) is 26.2 Å². The SMILES string of the molecule is O=C(c1ccoc1)N1CCc2c(COCc3ccncc3)cncc2C1. The third-order valence-electron chi connectivity index (χ3n) is 4.56. The Labute approximate surface area is 151 Å². The first kappa shape index (κ1) is 16.5. The van der Waals surface area contributed by atoms with E-state index < -0.39 is 0 Å². The van der Waals surface area contributed by atoms with Crippen LogP contribution in [-0.4, -0.2) is 27.3 Å². The van der Waals surface area contributed by atoms with Crippen LogP contribution in [-0.2, 0) is 30.9 Å². The van der Waals surface area contributed by atoms with Crippen molar-refractivity contribution in [3.05, 3.63) is 83.3 Å². The molecular formula is C20H19N3O3. The predicted octanol–water partition coefficient (Wildman–Crippen LogP) is 2.98. The molecule has 0 bridgehead atoms. The number of nitrogens with zero attached hydrogens (tertiary/aromatic N) is 3. The molecule has 1 aliphatic heterocycles. The molecule has 0 aliphatic carbocycles. The molecular weight excluding hydrogens is 330 g/mol. The van der Waals surface area contributed by atoms with Crippen LogP contribution >= 0.6 is 0 Å². The first-order valence-corrected chi connectivity index (χ1v) is 8.54. The van der Waals surface area contributed by atoms with Crippen molar-refractivity contribution < 1.29 is 13.9 Å². The summed E-state index contributed by atoms with van der Waals surface area (Å²) < 4.78 is 10.9. The van der Waals surface area contributed by atoms with Crippen molar-refractivity contribution in [1.29, 1.82) is 0 Å². The van der Waals surface area contributed by atoms with Gasteiger partial charge in [0.25, 0.3) is 5.91 Å². The molecule has 6 heteroatoms. The Morgan fingerprint density at radius 1 is 1.15 bits per heavy atom. The van der Waals surface area contributed by atoms with E-state index in [0.29, 0.717) is 31.9 Å². The minimum atomic E-state index is -0.0104. The normalized spacial score (nSPS) is 13.5. The number of pyridine rings is 2. The molecule has 26 heavy (non-hydrogen) atoms. The van der Waals surface area contributed by atoms with E-state index in [1.54, 1.807) is 18.5 Å². The monoisotopic (exact) mass is 349 g/mol. The highest BCUT2D eigenvalue weighted by molar-refractivity contribution is 5.93. The van der Waals surface area contributed by atoms with Crippen molar-refractivity contribution in [2.75, 3.05) is 6.54 Å². The Hall–Kier alpha value is -2.99. The fourth-order valence-electron chi connectivity index (χ4n) is 3.19. The van der Waals surface area contributed by atoms with Gasteiger partial charge in [0.05, 0.1) is 25.0 Å². The summed E-state index contributed by atoms with van der Waals surface area (Å²) in [6.45, 7) is 2.29. The molecule has 0 N–H and O–H groups in total. The van der Waals surface area contributed by atoms with Crippen molar-refractivity contribution in [2.24, 2.45) is 0 Å². The fraction of sp³-hybridized carbons (Fsp3) is 0.250. The van der Waals surface area contributed by atoms with Crippen LogP contribution in [0.25, 0.3) is 0 Å². The van der Waals surface area contributed by atoms with Crippen LogP contribution in [0.15, 0.2) is 59.9 Å². The number of amides is 1. The maximum Gasteiger partial charge on any atom is 0.257 e. The van der Waals surface area contributed by atoms with Crippen LogP contribution in [0.3, 0.4) is 0 Å². The standard InChI is InChI=1S/C20H19N3O3/c24-20(16-4-8-25-13-16)23-7-3-19-17(11-23)9-22-10-18(19)14-26-12-15-1-5-21-6-2-15/h1-2,4-6,8-10,13H,3,7,11-12,14H2. The Kier molecular flexibility index (Phi) is 4.75. The first-order chi connectivity index (χ1) is 12.8. The zero-order valence-electron chi connectivity index (χ0n) is 14.3. The molecule has 0 saturated heterocycles. The lowest BCUT2D eigenvalue weighted by Crippen LogP contribution is -2.36. The molecule has 3 aromatic rings. The second-order valence-electron chi connectivity index (χ2n) is 6.27. The van der Waals surface area contributed by atoms with E-state index in [1.165, 1.54) is 18.1 Å². The van der Waals surface area contributed by atoms with Gasteiger partial charge in [-0.2, -0.15) is 0 Å². The quantitative estimate of drug-likeness (QED) is 0.708. The molecule has 0 radical (unpaired) electrons. The van der Waals surface area contributed by atoms with Crippen molar-refractivity contribution in [3.63, 3.8) is 0 Å². The molecule has 132 valence electrons. The van der Waals surface area contributed by atoms with E-state index in [9.17, 15) is 4.79 Å². The Morgan fingerprint density at radius 2 is 2.04 bits per heavy atom. The third-order valence-corrected chi connectivity index (χ3v) is 4.56. The summed E-state index contributed by atoms with van der Waals surface area (Å²) in [7, 11) is 0. The molecule has 0 aromatic carbocycles. The lowest BCUT2D eigenvalue weighted by Gasteiger charge is -2.29. The molecule has 0 saturated carbocycles. The van der Waals surface area contributed by atoms with Gasteiger partial charge in [0.15, 0.2) is 0 Å². The highest BCUT2D eigenvalue weighted by atomic mass is 16.5. The van der Waals surface area contributed by atoms with Gasteiger partial charge in [-0.05, 0) is 46.9 Å². The number of carbonyl (C=O) groups excluding carboxylic acids is 1. The van der Waals surface area contributed by atoms with E-state index in [1.807, 2.05) is 29.4 Å². The molecule has 0 spiro atoms. The van der Waals surface area contributed by atoms with Gasteiger partial charge in [-0.25, -0.2) is 0 Å². The van der Waals surface area contributed by atoms with Gasteiger partial charge in [-0.1, -0.05) is 0 Å². The van der Waals surface area contributed by atoms with Crippen molar-refractivity contribution in [3.8, 4) is 0 Å². The van der Waals surface area contributed by atoms with E-state index >= 15 is 0 Å². The lowest BCUT2D eigenvalue weighted by atomic mass is 9.97. The number of ether oxygens (including phenoxy) is 1. The highest BCUT2D eigenvalue weighted by Crippen LogP contribution is 2.23. The predicted molar refractivity (Wildman–Crippen MR) is 94.1 cm³/mol.